The van der Waals surface area contributed by atoms with Crippen LogP contribution in [0.3, 0.4) is 0 Å². The van der Waals surface area contributed by atoms with Crippen LogP contribution in [0, 0.1) is 11.6 Å². The smallest absolute Gasteiger partial charge is 0.244 e. The fraction of sp³-hybridized carbons (Fsp3) is 0.0556. The van der Waals surface area contributed by atoms with Gasteiger partial charge in [-0.15, -0.1) is 5.21 Å². The van der Waals surface area contributed by atoms with E-state index in [2.05, 4.69) is 22.6 Å². The van der Waals surface area contributed by atoms with Gasteiger partial charge in [-0.25, -0.2) is 13.6 Å². The highest BCUT2D eigenvalue weighted by atomic mass is 32.1. The van der Waals surface area contributed by atoms with E-state index in [-0.39, 0.29) is 23.7 Å². The zero-order valence-corrected chi connectivity index (χ0v) is 14.6. The minimum Gasteiger partial charge on any atom is -0.489 e. The van der Waals surface area contributed by atoms with Gasteiger partial charge in [0.2, 0.25) is 10.2 Å². The topological polar surface area (TPSA) is 51.6 Å². The first-order valence-corrected chi connectivity index (χ1v) is 8.07. The highest BCUT2D eigenvalue weighted by Crippen LogP contribution is 2.26. The second-order valence-corrected chi connectivity index (χ2v) is 5.98. The van der Waals surface area contributed by atoms with Crippen LogP contribution in [0.2, 0.25) is 0 Å². The monoisotopic (exact) mass is 395 g/mol. The first-order chi connectivity index (χ1) is 12.8. The normalized spacial score (nSPS) is 13.1. The lowest BCUT2D eigenvalue weighted by molar-refractivity contribution is -1.22. The molecule has 1 aromatic heterocycles. The summed E-state index contributed by atoms with van der Waals surface area (Å²) in [7, 11) is 0. The molecule has 0 bridgehead atoms. The molecular weight excluding hydrogens is 381 g/mol. The summed E-state index contributed by atoms with van der Waals surface area (Å²) in [4.78, 5) is 8.35. The Hall–Kier alpha value is -2.75. The molecule has 0 spiro atoms. The predicted octanol–water partition coefficient (Wildman–Crippen LogP) is 4.83. The zero-order chi connectivity index (χ0) is 19.4. The molecule has 0 amide bonds. The lowest BCUT2D eigenvalue weighted by Gasteiger charge is -2.11. The Kier molecular flexibility index (Phi) is 5.54. The van der Waals surface area contributed by atoms with E-state index in [1.807, 2.05) is 0 Å². The molecule has 0 aliphatic rings. The maximum atomic E-state index is 14.3. The Balaban J connectivity index is 1.71. The van der Waals surface area contributed by atoms with E-state index in [4.69, 9.17) is 9.94 Å². The molecule has 1 unspecified atom stereocenters. The summed E-state index contributed by atoms with van der Waals surface area (Å²) >= 11 is 3.12. The molecule has 2 aromatic carbocycles. The number of quaternary nitrogens is 1. The Bertz CT molecular complexity index is 896. The average molecular weight is 395 g/mol. The molecule has 0 fully saturated rings. The van der Waals surface area contributed by atoms with Crippen LogP contribution in [0.5, 0.6) is 11.5 Å². The molecule has 9 heteroatoms. The van der Waals surface area contributed by atoms with Gasteiger partial charge in [0.05, 0.1) is 5.56 Å². The largest absolute Gasteiger partial charge is 0.489 e. The van der Waals surface area contributed by atoms with Gasteiger partial charge in [-0.1, -0.05) is 6.07 Å². The van der Waals surface area contributed by atoms with Gasteiger partial charge in [-0.2, -0.15) is 0 Å². The molecule has 140 valence electrons. The number of thiol groups is 1. The quantitative estimate of drug-likeness (QED) is 0.356. The molecule has 0 aliphatic carbocycles. The van der Waals surface area contributed by atoms with Gasteiger partial charge in [0.25, 0.3) is 0 Å². The van der Waals surface area contributed by atoms with Crippen LogP contribution in [0.1, 0.15) is 5.56 Å². The van der Waals surface area contributed by atoms with Crippen molar-refractivity contribution in [3.63, 3.8) is 0 Å². The zero-order valence-electron chi connectivity index (χ0n) is 13.7. The van der Waals surface area contributed by atoms with E-state index in [0.29, 0.717) is 11.1 Å². The average Bonchev–Trinajstić information content (AvgIpc) is 2.62. The second kappa shape index (κ2) is 7.87. The van der Waals surface area contributed by atoms with Crippen molar-refractivity contribution in [1.82, 2.24) is 4.98 Å². The number of hydrogen-bond donors (Lipinski definition) is 2. The van der Waals surface area contributed by atoms with E-state index in [1.54, 1.807) is 18.3 Å². The summed E-state index contributed by atoms with van der Waals surface area (Å²) in [5.41, 5.74) is 0.730. The van der Waals surface area contributed by atoms with Crippen LogP contribution in [0.4, 0.5) is 13.3 Å². The Morgan fingerprint density at radius 3 is 2.19 bits per heavy atom. The Morgan fingerprint density at radius 2 is 1.63 bits per heavy atom. The Labute approximate surface area is 158 Å². The third kappa shape index (κ3) is 5.13. The molecule has 0 radical (unpaired) electrons. The van der Waals surface area contributed by atoms with Crippen LogP contribution >= 0.6 is 12.8 Å². The number of nitrogens with zero attached hydrogens (tertiary/aromatic N) is 2. The van der Waals surface area contributed by atoms with Crippen LogP contribution in [0.15, 0.2) is 60.9 Å². The van der Waals surface area contributed by atoms with Gasteiger partial charge >= 0.3 is 0 Å². The van der Waals surface area contributed by atoms with E-state index in [1.165, 1.54) is 42.6 Å². The summed E-state index contributed by atoms with van der Waals surface area (Å²) in [6.07, 6.45) is 3.08. The fourth-order valence-corrected chi connectivity index (χ4v) is 2.42. The van der Waals surface area contributed by atoms with E-state index in [0.717, 1.165) is 0 Å². The second-order valence-electron chi connectivity index (χ2n) is 5.48. The van der Waals surface area contributed by atoms with E-state index in [9.17, 15) is 13.3 Å². The lowest BCUT2D eigenvalue weighted by atomic mass is 10.0. The third-order valence-electron chi connectivity index (χ3n) is 3.56. The molecule has 0 saturated carbocycles. The number of aromatic nitrogens is 1. The standard InChI is InChI=1S/C18H14F3N2O3S/c19-17-8-13(12-2-1-7-22-10-12)9-18(20)16(17)11-25-14-3-5-15(6-4-14)26-23(21,24)27/h1-10,24,27H,11H2/q+1. The van der Waals surface area contributed by atoms with Gasteiger partial charge in [0.1, 0.15) is 28.5 Å². The van der Waals surface area contributed by atoms with E-state index < -0.39 is 16.1 Å². The van der Waals surface area contributed by atoms with Crippen LogP contribution in [-0.2, 0) is 6.61 Å². The van der Waals surface area contributed by atoms with Crippen LogP contribution in [0.25, 0.3) is 11.1 Å². The third-order valence-corrected chi connectivity index (χ3v) is 3.65. The van der Waals surface area contributed by atoms with Crippen molar-refractivity contribution in [2.24, 2.45) is 0 Å². The molecule has 27 heavy (non-hydrogen) atoms. The van der Waals surface area contributed by atoms with Crippen molar-refractivity contribution in [3.8, 4) is 22.6 Å². The summed E-state index contributed by atoms with van der Waals surface area (Å²) in [6, 6.07) is 11.2. The highest BCUT2D eigenvalue weighted by Gasteiger charge is 2.24. The number of halogens is 3. The van der Waals surface area contributed by atoms with Crippen LogP contribution < -0.4 is 9.57 Å². The SMILES string of the molecule is O[N+](F)(S)Oc1ccc(OCc2c(F)cc(-c3cccnc3)cc2F)cc1. The lowest BCUT2D eigenvalue weighted by Crippen LogP contribution is -2.27. The van der Waals surface area contributed by atoms with Crippen molar-refractivity contribution in [1.29, 1.82) is 0 Å². The van der Waals surface area contributed by atoms with E-state index >= 15 is 0 Å². The molecule has 0 saturated heterocycles. The van der Waals surface area contributed by atoms with Gasteiger partial charge in [-0.05, 0) is 48.0 Å². The van der Waals surface area contributed by atoms with Gasteiger partial charge < -0.3 is 4.74 Å². The van der Waals surface area contributed by atoms with Crippen molar-refractivity contribution in [2.75, 3.05) is 0 Å². The molecule has 5 nitrogen and oxygen atoms in total. The molecule has 0 aliphatic heterocycles. The number of pyridine rings is 1. The van der Waals surface area contributed by atoms with Gasteiger partial charge in [0.15, 0.2) is 12.8 Å². The molecule has 1 N–H and O–H groups in total. The maximum absolute atomic E-state index is 14.3. The first kappa shape index (κ1) is 19.0. The van der Waals surface area contributed by atoms with Crippen LogP contribution in [-0.4, -0.2) is 14.6 Å². The molecule has 3 rings (SSSR count). The fourth-order valence-electron chi connectivity index (χ4n) is 2.33. The first-order valence-electron chi connectivity index (χ1n) is 7.67. The van der Waals surface area contributed by atoms with Crippen molar-refractivity contribution in [2.45, 2.75) is 6.61 Å². The summed E-state index contributed by atoms with van der Waals surface area (Å²) < 4.78 is 44.3. The minimum absolute atomic E-state index is 0.0273. The molecular formula is C18H14F3N2O3S+. The van der Waals surface area contributed by atoms with Gasteiger partial charge in [-0.3, -0.25) is 4.98 Å². The summed E-state index contributed by atoms with van der Waals surface area (Å²) in [5.74, 6) is -1.25. The molecule has 1 atom stereocenters. The van der Waals surface area contributed by atoms with Crippen molar-refractivity contribution < 1.29 is 32.5 Å². The summed E-state index contributed by atoms with van der Waals surface area (Å²) in [5, 5.41) is 8.75. The van der Waals surface area contributed by atoms with Gasteiger partial charge in [0, 0.05) is 18.0 Å². The van der Waals surface area contributed by atoms with Crippen molar-refractivity contribution >= 4 is 12.8 Å². The number of rotatable bonds is 6. The Morgan fingerprint density at radius 1 is 1.00 bits per heavy atom. The highest BCUT2D eigenvalue weighted by molar-refractivity contribution is 7.73. The summed E-state index contributed by atoms with van der Waals surface area (Å²) in [6.45, 7) is -0.346. The molecule has 3 aromatic rings. The molecule has 1 heterocycles. The number of hydrogen-bond acceptors (Lipinski definition) is 5. The maximum Gasteiger partial charge on any atom is 0.244 e. The minimum atomic E-state index is -2.49. The predicted molar refractivity (Wildman–Crippen MR) is 93.1 cm³/mol. The number of benzene rings is 2. The van der Waals surface area contributed by atoms with Crippen molar-refractivity contribution in [3.05, 3.63) is 78.1 Å². The number of ether oxygens (including phenoxy) is 1.